The zero-order chi connectivity index (χ0) is 15.4. The molecule has 0 spiro atoms. The molecule has 110 valence electrons. The molecular formula is C15H15ClN2O3. The lowest BCUT2D eigenvalue weighted by Crippen LogP contribution is -2.02. The number of nitro benzene ring substituents is 1. The number of ether oxygens (including phenoxy) is 1. The van der Waals surface area contributed by atoms with E-state index in [9.17, 15) is 10.1 Å². The number of hydrogen-bond donors (Lipinski definition) is 1. The predicted molar refractivity (Wildman–Crippen MR) is 83.2 cm³/mol. The Hall–Kier alpha value is -2.27. The van der Waals surface area contributed by atoms with Crippen LogP contribution in [0.2, 0.25) is 5.02 Å². The molecule has 0 atom stereocenters. The summed E-state index contributed by atoms with van der Waals surface area (Å²) in [7, 11) is 1.58. The van der Waals surface area contributed by atoms with Crippen LogP contribution in [0.1, 0.15) is 11.1 Å². The monoisotopic (exact) mass is 306 g/mol. The lowest BCUT2D eigenvalue weighted by Gasteiger charge is -2.10. The van der Waals surface area contributed by atoms with Gasteiger partial charge in [-0.05, 0) is 24.6 Å². The molecule has 1 N–H and O–H groups in total. The maximum atomic E-state index is 10.9. The molecule has 2 aromatic rings. The fourth-order valence-electron chi connectivity index (χ4n) is 1.93. The van der Waals surface area contributed by atoms with Crippen molar-refractivity contribution in [2.45, 2.75) is 13.5 Å². The maximum Gasteiger partial charge on any atom is 0.272 e. The Labute approximate surface area is 127 Å². The molecule has 0 fully saturated rings. The van der Waals surface area contributed by atoms with Crippen molar-refractivity contribution < 1.29 is 9.66 Å². The molecule has 0 aliphatic carbocycles. The topological polar surface area (TPSA) is 64.4 Å². The second-order valence-corrected chi connectivity index (χ2v) is 4.98. The molecule has 0 aliphatic rings. The lowest BCUT2D eigenvalue weighted by molar-refractivity contribution is -0.385. The van der Waals surface area contributed by atoms with E-state index in [4.69, 9.17) is 16.3 Å². The highest BCUT2D eigenvalue weighted by molar-refractivity contribution is 6.33. The van der Waals surface area contributed by atoms with Crippen LogP contribution in [-0.2, 0) is 6.54 Å². The SMILES string of the molecule is COc1ccc(Cl)c(NCc2ccc(C)c([N+](=O)[O-])c2)c1. The highest BCUT2D eigenvalue weighted by Crippen LogP contribution is 2.27. The molecule has 0 radical (unpaired) electrons. The molecule has 0 heterocycles. The largest absolute Gasteiger partial charge is 0.497 e. The molecule has 0 aliphatic heterocycles. The summed E-state index contributed by atoms with van der Waals surface area (Å²) in [6.07, 6.45) is 0. The van der Waals surface area contributed by atoms with Gasteiger partial charge < -0.3 is 10.1 Å². The van der Waals surface area contributed by atoms with Crippen LogP contribution < -0.4 is 10.1 Å². The van der Waals surface area contributed by atoms with Gasteiger partial charge in [-0.25, -0.2) is 0 Å². The third-order valence-corrected chi connectivity index (χ3v) is 3.46. The van der Waals surface area contributed by atoms with Crippen molar-refractivity contribution in [1.82, 2.24) is 0 Å². The van der Waals surface area contributed by atoms with Gasteiger partial charge in [0.15, 0.2) is 0 Å². The van der Waals surface area contributed by atoms with Gasteiger partial charge in [-0.1, -0.05) is 23.7 Å². The molecule has 0 aromatic heterocycles. The standard InChI is InChI=1S/C15H15ClN2O3/c1-10-3-4-11(7-15(10)18(19)20)9-17-14-8-12(21-2)5-6-13(14)16/h3-8,17H,9H2,1-2H3. The van der Waals surface area contributed by atoms with E-state index < -0.39 is 0 Å². The van der Waals surface area contributed by atoms with Crippen LogP contribution in [0.15, 0.2) is 36.4 Å². The van der Waals surface area contributed by atoms with Crippen LogP contribution in [0.3, 0.4) is 0 Å². The second-order valence-electron chi connectivity index (χ2n) is 4.58. The van der Waals surface area contributed by atoms with E-state index in [1.54, 1.807) is 44.4 Å². The Morgan fingerprint density at radius 2 is 2.05 bits per heavy atom. The molecule has 0 bridgehead atoms. The minimum Gasteiger partial charge on any atom is -0.497 e. The van der Waals surface area contributed by atoms with E-state index in [2.05, 4.69) is 5.32 Å². The average Bonchev–Trinajstić information content (AvgIpc) is 2.47. The van der Waals surface area contributed by atoms with Crippen molar-refractivity contribution in [2.75, 3.05) is 12.4 Å². The molecule has 21 heavy (non-hydrogen) atoms. The van der Waals surface area contributed by atoms with Crippen LogP contribution in [0.5, 0.6) is 5.75 Å². The summed E-state index contributed by atoms with van der Waals surface area (Å²) >= 11 is 6.10. The number of nitrogens with one attached hydrogen (secondary N) is 1. The number of methoxy groups -OCH3 is 1. The highest BCUT2D eigenvalue weighted by Gasteiger charge is 2.11. The summed E-state index contributed by atoms with van der Waals surface area (Å²) in [5.74, 6) is 0.691. The van der Waals surface area contributed by atoms with Crippen molar-refractivity contribution >= 4 is 23.0 Å². The van der Waals surface area contributed by atoms with Crippen molar-refractivity contribution in [1.29, 1.82) is 0 Å². The zero-order valence-electron chi connectivity index (χ0n) is 11.7. The predicted octanol–water partition coefficient (Wildman–Crippen LogP) is 4.18. The molecule has 6 heteroatoms. The molecule has 0 saturated heterocycles. The summed E-state index contributed by atoms with van der Waals surface area (Å²) in [5.41, 5.74) is 2.29. The Morgan fingerprint density at radius 1 is 1.29 bits per heavy atom. The summed E-state index contributed by atoms with van der Waals surface area (Å²) in [6, 6.07) is 10.4. The summed E-state index contributed by atoms with van der Waals surface area (Å²) < 4.78 is 5.14. The van der Waals surface area contributed by atoms with Gasteiger partial charge in [-0.2, -0.15) is 0 Å². The van der Waals surface area contributed by atoms with Crippen LogP contribution in [-0.4, -0.2) is 12.0 Å². The van der Waals surface area contributed by atoms with E-state index in [0.717, 1.165) is 11.3 Å². The fraction of sp³-hybridized carbons (Fsp3) is 0.200. The summed E-state index contributed by atoms with van der Waals surface area (Å²) in [5, 5.41) is 14.7. The highest BCUT2D eigenvalue weighted by atomic mass is 35.5. The third kappa shape index (κ3) is 3.64. The summed E-state index contributed by atoms with van der Waals surface area (Å²) in [4.78, 5) is 10.6. The first-order chi connectivity index (χ1) is 10.0. The van der Waals surface area contributed by atoms with Crippen molar-refractivity contribution in [2.24, 2.45) is 0 Å². The quantitative estimate of drug-likeness (QED) is 0.665. The molecule has 0 saturated carbocycles. The maximum absolute atomic E-state index is 10.9. The minimum absolute atomic E-state index is 0.117. The van der Waals surface area contributed by atoms with Gasteiger partial charge >= 0.3 is 0 Å². The van der Waals surface area contributed by atoms with E-state index >= 15 is 0 Å². The number of nitrogens with zero attached hydrogens (tertiary/aromatic N) is 1. The first-order valence-corrected chi connectivity index (χ1v) is 6.70. The number of benzene rings is 2. The van der Waals surface area contributed by atoms with Crippen molar-refractivity contribution in [3.63, 3.8) is 0 Å². The molecule has 0 unspecified atom stereocenters. The smallest absolute Gasteiger partial charge is 0.272 e. The first-order valence-electron chi connectivity index (χ1n) is 6.32. The Kier molecular flexibility index (Phi) is 4.65. The van der Waals surface area contributed by atoms with Crippen LogP contribution in [0.25, 0.3) is 0 Å². The van der Waals surface area contributed by atoms with Gasteiger partial charge in [0.25, 0.3) is 5.69 Å². The number of hydrogen-bond acceptors (Lipinski definition) is 4. The fourth-order valence-corrected chi connectivity index (χ4v) is 2.11. The lowest BCUT2D eigenvalue weighted by atomic mass is 10.1. The van der Waals surface area contributed by atoms with E-state index in [1.165, 1.54) is 0 Å². The number of anilines is 1. The normalized spacial score (nSPS) is 10.2. The Bertz CT molecular complexity index is 674. The van der Waals surface area contributed by atoms with Gasteiger partial charge in [-0.15, -0.1) is 0 Å². The molecular weight excluding hydrogens is 292 g/mol. The summed E-state index contributed by atoms with van der Waals surface area (Å²) in [6.45, 7) is 2.16. The number of nitro groups is 1. The van der Waals surface area contributed by atoms with E-state index in [1.807, 2.05) is 6.07 Å². The van der Waals surface area contributed by atoms with Gasteiger partial charge in [0.2, 0.25) is 0 Å². The van der Waals surface area contributed by atoms with Crippen molar-refractivity contribution in [3.8, 4) is 5.75 Å². The zero-order valence-corrected chi connectivity index (χ0v) is 12.5. The first kappa shape index (κ1) is 15.1. The van der Waals surface area contributed by atoms with Crippen LogP contribution in [0.4, 0.5) is 11.4 Å². The number of aryl methyl sites for hydroxylation is 1. The molecule has 5 nitrogen and oxygen atoms in total. The second kappa shape index (κ2) is 6.45. The number of halogens is 1. The van der Waals surface area contributed by atoms with Crippen molar-refractivity contribution in [3.05, 3.63) is 62.7 Å². The van der Waals surface area contributed by atoms with Gasteiger partial charge in [-0.3, -0.25) is 10.1 Å². The molecule has 2 aromatic carbocycles. The van der Waals surface area contributed by atoms with Crippen LogP contribution in [0, 0.1) is 17.0 Å². The van der Waals surface area contributed by atoms with Gasteiger partial charge in [0.1, 0.15) is 5.75 Å². The molecule has 2 rings (SSSR count). The average molecular weight is 307 g/mol. The third-order valence-electron chi connectivity index (χ3n) is 3.13. The Balaban J connectivity index is 2.16. The van der Waals surface area contributed by atoms with Gasteiger partial charge in [0, 0.05) is 24.2 Å². The number of rotatable bonds is 5. The van der Waals surface area contributed by atoms with E-state index in [-0.39, 0.29) is 10.6 Å². The minimum atomic E-state index is -0.378. The van der Waals surface area contributed by atoms with Crippen LogP contribution >= 0.6 is 11.6 Å². The Morgan fingerprint density at radius 3 is 2.71 bits per heavy atom. The van der Waals surface area contributed by atoms with E-state index in [0.29, 0.717) is 22.9 Å². The van der Waals surface area contributed by atoms with Gasteiger partial charge in [0.05, 0.1) is 22.7 Å². The molecule has 0 amide bonds.